The summed E-state index contributed by atoms with van der Waals surface area (Å²) >= 11 is 1.57. The number of aromatic amines is 1. The van der Waals surface area contributed by atoms with Crippen molar-refractivity contribution in [3.05, 3.63) is 81.9 Å². The highest BCUT2D eigenvalue weighted by Gasteiger charge is 2.13. The molecule has 0 saturated heterocycles. The molecule has 0 aliphatic heterocycles. The molecule has 148 valence electrons. The Labute approximate surface area is 172 Å². The van der Waals surface area contributed by atoms with E-state index in [-0.39, 0.29) is 5.56 Å². The summed E-state index contributed by atoms with van der Waals surface area (Å²) in [7, 11) is 0. The fraction of sp³-hybridized carbons (Fsp3) is 0.227. The number of hydrogen-bond acceptors (Lipinski definition) is 5. The summed E-state index contributed by atoms with van der Waals surface area (Å²) in [5, 5.41) is 10.5. The minimum atomic E-state index is -0.0939. The lowest BCUT2D eigenvalue weighted by atomic mass is 10.1. The van der Waals surface area contributed by atoms with Crippen molar-refractivity contribution in [1.29, 1.82) is 0 Å². The van der Waals surface area contributed by atoms with Gasteiger partial charge < -0.3 is 14.3 Å². The number of rotatable bonds is 7. The Morgan fingerprint density at radius 3 is 2.72 bits per heavy atom. The lowest BCUT2D eigenvalue weighted by Gasteiger charge is -2.10. The van der Waals surface area contributed by atoms with Crippen LogP contribution in [0, 0.1) is 6.92 Å². The summed E-state index contributed by atoms with van der Waals surface area (Å²) in [6.07, 6.45) is 0. The molecule has 0 aliphatic rings. The van der Waals surface area contributed by atoms with Gasteiger partial charge in [-0.1, -0.05) is 48.2 Å². The molecule has 6 nitrogen and oxygen atoms in total. The van der Waals surface area contributed by atoms with E-state index < -0.39 is 0 Å². The molecule has 2 aromatic carbocycles. The normalized spacial score (nSPS) is 11.1. The van der Waals surface area contributed by atoms with Gasteiger partial charge in [0.25, 0.3) is 0 Å². The fourth-order valence-electron chi connectivity index (χ4n) is 3.25. The molecule has 0 fully saturated rings. The molecule has 4 aromatic rings. The number of para-hydroxylation sites is 2. The topological polar surface area (TPSA) is 72.8 Å². The molecule has 0 atom stereocenters. The maximum atomic E-state index is 12.0. The van der Waals surface area contributed by atoms with Gasteiger partial charge in [-0.3, -0.25) is 4.79 Å². The van der Waals surface area contributed by atoms with Crippen LogP contribution in [-0.2, 0) is 18.9 Å². The van der Waals surface area contributed by atoms with Crippen LogP contribution in [-0.4, -0.2) is 19.7 Å². The first-order valence-electron chi connectivity index (χ1n) is 9.50. The van der Waals surface area contributed by atoms with Crippen LogP contribution in [0.5, 0.6) is 5.75 Å². The minimum absolute atomic E-state index is 0.0939. The number of aryl methyl sites for hydroxylation is 1. The summed E-state index contributed by atoms with van der Waals surface area (Å²) in [5.74, 6) is 2.28. The largest absolute Gasteiger partial charge is 0.485 e. The number of nitrogens with one attached hydrogen (secondary N) is 1. The first-order valence-corrected chi connectivity index (χ1v) is 10.5. The fourth-order valence-corrected chi connectivity index (χ4v) is 4.26. The number of hydrogen-bond donors (Lipinski definition) is 1. The van der Waals surface area contributed by atoms with Crippen molar-refractivity contribution in [3.8, 4) is 5.75 Å². The number of pyridine rings is 1. The van der Waals surface area contributed by atoms with Crippen molar-refractivity contribution in [3.63, 3.8) is 0 Å². The Morgan fingerprint density at radius 2 is 1.90 bits per heavy atom. The van der Waals surface area contributed by atoms with Gasteiger partial charge in [0, 0.05) is 29.3 Å². The summed E-state index contributed by atoms with van der Waals surface area (Å²) < 4.78 is 7.99. The standard InChI is InChI=1S/C22H22N4O2S/c1-3-26-20(13-28-19-11-7-4-8-15(19)2)24-25-22(26)29-14-16-12-21(27)23-18-10-6-5-9-17(16)18/h4-12H,3,13-14H2,1-2H3,(H,23,27). The Balaban J connectivity index is 1.52. The Kier molecular flexibility index (Phi) is 5.67. The molecule has 0 aliphatic carbocycles. The van der Waals surface area contributed by atoms with Gasteiger partial charge in [0.05, 0.1) is 0 Å². The molecule has 0 amide bonds. The number of ether oxygens (including phenoxy) is 1. The van der Waals surface area contributed by atoms with E-state index >= 15 is 0 Å². The van der Waals surface area contributed by atoms with Crippen molar-refractivity contribution in [2.45, 2.75) is 37.9 Å². The van der Waals surface area contributed by atoms with E-state index in [4.69, 9.17) is 4.74 Å². The zero-order chi connectivity index (χ0) is 20.2. The lowest BCUT2D eigenvalue weighted by molar-refractivity contribution is 0.286. The van der Waals surface area contributed by atoms with E-state index in [1.165, 1.54) is 0 Å². The van der Waals surface area contributed by atoms with Crippen LogP contribution in [0.1, 0.15) is 23.9 Å². The molecular weight excluding hydrogens is 384 g/mol. The highest BCUT2D eigenvalue weighted by molar-refractivity contribution is 7.98. The predicted octanol–water partition coefficient (Wildman–Crippen LogP) is 4.32. The van der Waals surface area contributed by atoms with Crippen molar-refractivity contribution in [1.82, 2.24) is 19.7 Å². The smallest absolute Gasteiger partial charge is 0.248 e. The third-order valence-electron chi connectivity index (χ3n) is 4.75. The third-order valence-corrected chi connectivity index (χ3v) is 5.77. The van der Waals surface area contributed by atoms with E-state index in [9.17, 15) is 4.79 Å². The van der Waals surface area contributed by atoms with Gasteiger partial charge in [-0.05, 0) is 37.1 Å². The van der Waals surface area contributed by atoms with Crippen LogP contribution >= 0.6 is 11.8 Å². The average Bonchev–Trinajstić information content (AvgIpc) is 3.13. The molecule has 0 unspecified atom stereocenters. The molecule has 0 bridgehead atoms. The molecule has 4 rings (SSSR count). The first-order chi connectivity index (χ1) is 14.2. The molecule has 0 saturated carbocycles. The number of thioether (sulfide) groups is 1. The van der Waals surface area contributed by atoms with E-state index in [0.29, 0.717) is 12.4 Å². The first kappa shape index (κ1) is 19.3. The van der Waals surface area contributed by atoms with Gasteiger partial charge in [0.1, 0.15) is 12.4 Å². The van der Waals surface area contributed by atoms with Gasteiger partial charge in [-0.2, -0.15) is 0 Å². The highest BCUT2D eigenvalue weighted by Crippen LogP contribution is 2.26. The van der Waals surface area contributed by atoms with Crippen LogP contribution in [0.2, 0.25) is 0 Å². The predicted molar refractivity (Wildman–Crippen MR) is 115 cm³/mol. The van der Waals surface area contributed by atoms with Crippen LogP contribution < -0.4 is 10.3 Å². The van der Waals surface area contributed by atoms with Gasteiger partial charge in [-0.25, -0.2) is 0 Å². The molecular formula is C22H22N4O2S. The Bertz CT molecular complexity index is 1200. The second kappa shape index (κ2) is 8.53. The van der Waals surface area contributed by atoms with Gasteiger partial charge in [-0.15, -0.1) is 10.2 Å². The zero-order valence-electron chi connectivity index (χ0n) is 16.4. The molecule has 0 spiro atoms. The summed E-state index contributed by atoms with van der Waals surface area (Å²) in [6.45, 7) is 5.19. The number of nitrogens with zero attached hydrogens (tertiary/aromatic N) is 3. The highest BCUT2D eigenvalue weighted by atomic mass is 32.2. The average molecular weight is 407 g/mol. The van der Waals surface area contributed by atoms with Crippen LogP contribution in [0.3, 0.4) is 0 Å². The second-order valence-electron chi connectivity index (χ2n) is 6.69. The molecule has 2 aromatic heterocycles. The summed E-state index contributed by atoms with van der Waals surface area (Å²) in [5.41, 5.74) is 2.83. The number of H-pyrrole nitrogens is 1. The van der Waals surface area contributed by atoms with E-state index in [1.54, 1.807) is 17.8 Å². The van der Waals surface area contributed by atoms with Crippen LogP contribution in [0.4, 0.5) is 0 Å². The molecule has 2 heterocycles. The van der Waals surface area contributed by atoms with Gasteiger partial charge >= 0.3 is 0 Å². The summed E-state index contributed by atoms with van der Waals surface area (Å²) in [6, 6.07) is 17.4. The van der Waals surface area contributed by atoms with Crippen molar-refractivity contribution in [2.75, 3.05) is 0 Å². The van der Waals surface area contributed by atoms with E-state index in [0.717, 1.165) is 45.3 Å². The lowest BCUT2D eigenvalue weighted by Crippen LogP contribution is -2.08. The molecule has 29 heavy (non-hydrogen) atoms. The molecule has 7 heteroatoms. The zero-order valence-corrected chi connectivity index (χ0v) is 17.2. The van der Waals surface area contributed by atoms with E-state index in [1.807, 2.05) is 55.5 Å². The Hall–Kier alpha value is -3.06. The van der Waals surface area contributed by atoms with Crippen LogP contribution in [0.25, 0.3) is 10.9 Å². The maximum absolute atomic E-state index is 12.0. The van der Waals surface area contributed by atoms with Gasteiger partial charge in [0.15, 0.2) is 11.0 Å². The molecule has 0 radical (unpaired) electrons. The number of fused-ring (bicyclic) bond motifs is 1. The third kappa shape index (κ3) is 4.19. The summed E-state index contributed by atoms with van der Waals surface area (Å²) in [4.78, 5) is 14.9. The monoisotopic (exact) mass is 406 g/mol. The van der Waals surface area contributed by atoms with Gasteiger partial charge in [0.2, 0.25) is 5.56 Å². The SMILES string of the molecule is CCn1c(COc2ccccc2C)nnc1SCc1cc(=O)[nH]c2ccccc12. The van der Waals surface area contributed by atoms with Crippen molar-refractivity contribution >= 4 is 22.7 Å². The number of aromatic nitrogens is 4. The maximum Gasteiger partial charge on any atom is 0.248 e. The van der Waals surface area contributed by atoms with Crippen molar-refractivity contribution in [2.24, 2.45) is 0 Å². The Morgan fingerprint density at radius 1 is 1.10 bits per heavy atom. The quantitative estimate of drug-likeness (QED) is 0.463. The van der Waals surface area contributed by atoms with Crippen molar-refractivity contribution < 1.29 is 4.74 Å². The number of benzene rings is 2. The second-order valence-corrected chi connectivity index (χ2v) is 7.63. The molecule has 1 N–H and O–H groups in total. The van der Waals surface area contributed by atoms with Crippen LogP contribution in [0.15, 0.2) is 64.5 Å². The van der Waals surface area contributed by atoms with E-state index in [2.05, 4.69) is 26.7 Å². The minimum Gasteiger partial charge on any atom is -0.485 e.